The van der Waals surface area contributed by atoms with Crippen LogP contribution in [0.5, 0.6) is 0 Å². The van der Waals surface area contributed by atoms with E-state index in [2.05, 4.69) is 4.98 Å². The van der Waals surface area contributed by atoms with Crippen LogP contribution in [0.15, 0.2) is 24.3 Å². The molecular weight excluding hydrogens is 350 g/mol. The molecule has 2 heterocycles. The summed E-state index contributed by atoms with van der Waals surface area (Å²) in [6, 6.07) is 7.11. The Morgan fingerprint density at radius 1 is 1.31 bits per heavy atom. The fraction of sp³-hybridized carbons (Fsp3) is 0.526. The third-order valence-electron chi connectivity index (χ3n) is 5.76. The smallest absolute Gasteiger partial charge is 0.326 e. The summed E-state index contributed by atoms with van der Waals surface area (Å²) in [5.74, 6) is 1.05. The van der Waals surface area contributed by atoms with E-state index >= 15 is 0 Å². The van der Waals surface area contributed by atoms with Crippen LogP contribution in [0.1, 0.15) is 25.1 Å². The molecule has 7 heteroatoms. The number of carbonyl (C=O) groups is 2. The average molecular weight is 373 g/mol. The van der Waals surface area contributed by atoms with Crippen molar-refractivity contribution in [1.29, 1.82) is 0 Å². The number of imidazole rings is 1. The molecule has 26 heavy (non-hydrogen) atoms. The molecule has 1 aromatic carbocycles. The fourth-order valence-electron chi connectivity index (χ4n) is 4.65. The molecule has 138 valence electrons. The quantitative estimate of drug-likeness (QED) is 0.872. The van der Waals surface area contributed by atoms with Crippen molar-refractivity contribution in [2.75, 3.05) is 12.8 Å². The minimum absolute atomic E-state index is 0.113. The number of aromatic nitrogens is 2. The average Bonchev–Trinajstić information content (AvgIpc) is 3.28. The second-order valence-electron chi connectivity index (χ2n) is 7.22. The van der Waals surface area contributed by atoms with Crippen molar-refractivity contribution >= 4 is 34.7 Å². The molecule has 2 fully saturated rings. The molecule has 1 aliphatic heterocycles. The van der Waals surface area contributed by atoms with Crippen molar-refractivity contribution < 1.29 is 14.7 Å². The maximum atomic E-state index is 13.1. The highest BCUT2D eigenvalue weighted by Crippen LogP contribution is 2.42. The number of nitrogens with zero attached hydrogens (tertiary/aromatic N) is 3. The van der Waals surface area contributed by atoms with E-state index < -0.39 is 12.0 Å². The van der Waals surface area contributed by atoms with E-state index in [1.54, 1.807) is 16.7 Å². The number of hydrogen-bond acceptors (Lipinski definition) is 4. The Morgan fingerprint density at radius 3 is 2.88 bits per heavy atom. The summed E-state index contributed by atoms with van der Waals surface area (Å²) in [6.45, 7) is 0.727. The number of carbonyl (C=O) groups excluding carboxylic acids is 1. The highest BCUT2D eigenvalue weighted by Gasteiger charge is 2.49. The number of benzene rings is 1. The van der Waals surface area contributed by atoms with Gasteiger partial charge in [-0.3, -0.25) is 4.79 Å². The Morgan fingerprint density at radius 2 is 2.12 bits per heavy atom. The molecule has 1 saturated carbocycles. The normalized spacial score (nSPS) is 25.0. The number of carboxylic acids is 1. The van der Waals surface area contributed by atoms with Crippen LogP contribution in [0, 0.1) is 11.8 Å². The third-order valence-corrected chi connectivity index (χ3v) is 6.31. The number of likely N-dealkylation sites (tertiary alicyclic amines) is 1. The van der Waals surface area contributed by atoms with Gasteiger partial charge < -0.3 is 14.6 Å². The van der Waals surface area contributed by atoms with E-state index in [0.717, 1.165) is 41.9 Å². The largest absolute Gasteiger partial charge is 0.480 e. The van der Waals surface area contributed by atoms with Crippen LogP contribution in [-0.2, 0) is 21.9 Å². The maximum Gasteiger partial charge on any atom is 0.326 e. The standard InChI is InChI=1S/C19H23N3O3S/c1-26-11-16-20-14-7-2-3-8-15(14)21(16)10-17(23)22-9-12-5-4-6-13(12)18(22)19(24)25/h2-3,7-8,12-13,18H,4-6,9-11H2,1H3,(H,24,25). The number of fused-ring (bicyclic) bond motifs is 2. The molecule has 1 aromatic heterocycles. The monoisotopic (exact) mass is 373 g/mol. The van der Waals surface area contributed by atoms with Crippen LogP contribution < -0.4 is 0 Å². The van der Waals surface area contributed by atoms with Gasteiger partial charge in [0.15, 0.2) is 0 Å². The van der Waals surface area contributed by atoms with Crippen LogP contribution in [-0.4, -0.2) is 50.3 Å². The van der Waals surface area contributed by atoms with Gasteiger partial charge in [0.2, 0.25) is 5.91 Å². The van der Waals surface area contributed by atoms with Crippen LogP contribution in [0.2, 0.25) is 0 Å². The van der Waals surface area contributed by atoms with Gasteiger partial charge in [-0.1, -0.05) is 18.6 Å². The topological polar surface area (TPSA) is 75.4 Å². The number of para-hydroxylation sites is 2. The Balaban J connectivity index is 1.63. The molecule has 4 rings (SSSR count). The number of rotatable bonds is 5. The molecule has 1 N–H and O–H groups in total. The van der Waals surface area contributed by atoms with Gasteiger partial charge in [-0.2, -0.15) is 11.8 Å². The second kappa shape index (κ2) is 6.95. The first-order valence-electron chi connectivity index (χ1n) is 9.05. The Bertz CT molecular complexity index is 850. The lowest BCUT2D eigenvalue weighted by atomic mass is 9.94. The Labute approximate surface area is 156 Å². The lowest BCUT2D eigenvalue weighted by Gasteiger charge is -2.25. The van der Waals surface area contributed by atoms with Crippen molar-refractivity contribution in [3.63, 3.8) is 0 Å². The predicted molar refractivity (Wildman–Crippen MR) is 101 cm³/mol. The van der Waals surface area contributed by atoms with Crippen molar-refractivity contribution in [3.05, 3.63) is 30.1 Å². The molecule has 3 atom stereocenters. The van der Waals surface area contributed by atoms with Crippen molar-refractivity contribution in [2.45, 2.75) is 37.6 Å². The molecule has 6 nitrogen and oxygen atoms in total. The van der Waals surface area contributed by atoms with Crippen LogP contribution in [0.25, 0.3) is 11.0 Å². The van der Waals surface area contributed by atoms with E-state index in [0.29, 0.717) is 12.5 Å². The zero-order chi connectivity index (χ0) is 18.3. The van der Waals surface area contributed by atoms with E-state index in [9.17, 15) is 14.7 Å². The van der Waals surface area contributed by atoms with Gasteiger partial charge >= 0.3 is 5.97 Å². The predicted octanol–water partition coefficient (Wildman–Crippen LogP) is 2.61. The zero-order valence-electron chi connectivity index (χ0n) is 14.8. The summed E-state index contributed by atoms with van der Waals surface area (Å²) in [5.41, 5.74) is 1.80. The first kappa shape index (κ1) is 17.4. The van der Waals surface area contributed by atoms with Gasteiger partial charge in [-0.05, 0) is 43.1 Å². The van der Waals surface area contributed by atoms with E-state index in [1.807, 2.05) is 35.1 Å². The van der Waals surface area contributed by atoms with Crippen molar-refractivity contribution in [2.24, 2.45) is 11.8 Å². The summed E-state index contributed by atoms with van der Waals surface area (Å²) < 4.78 is 1.95. The molecular formula is C19H23N3O3S. The first-order valence-corrected chi connectivity index (χ1v) is 10.4. The van der Waals surface area contributed by atoms with Gasteiger partial charge in [0.1, 0.15) is 18.4 Å². The molecule has 1 aliphatic carbocycles. The second-order valence-corrected chi connectivity index (χ2v) is 8.09. The van der Waals surface area contributed by atoms with E-state index in [1.165, 1.54) is 0 Å². The summed E-state index contributed by atoms with van der Waals surface area (Å²) in [6.07, 6.45) is 5.03. The lowest BCUT2D eigenvalue weighted by molar-refractivity contribution is -0.149. The molecule has 2 aromatic rings. The van der Waals surface area contributed by atoms with Gasteiger partial charge in [-0.25, -0.2) is 9.78 Å². The van der Waals surface area contributed by atoms with Gasteiger partial charge in [0, 0.05) is 6.54 Å². The summed E-state index contributed by atoms with van der Waals surface area (Å²) in [5, 5.41) is 9.70. The van der Waals surface area contributed by atoms with Gasteiger partial charge in [0.05, 0.1) is 16.8 Å². The third kappa shape index (κ3) is 2.88. The molecule has 0 radical (unpaired) electrons. The molecule has 1 amide bonds. The van der Waals surface area contributed by atoms with E-state index in [-0.39, 0.29) is 18.4 Å². The van der Waals surface area contributed by atoms with Gasteiger partial charge in [0.25, 0.3) is 0 Å². The highest BCUT2D eigenvalue weighted by molar-refractivity contribution is 7.97. The van der Waals surface area contributed by atoms with Crippen LogP contribution >= 0.6 is 11.8 Å². The lowest BCUT2D eigenvalue weighted by Crippen LogP contribution is -2.44. The molecule has 1 saturated heterocycles. The number of aliphatic carboxylic acids is 1. The minimum Gasteiger partial charge on any atom is -0.480 e. The minimum atomic E-state index is -0.868. The molecule has 0 bridgehead atoms. The molecule has 2 aliphatic rings. The van der Waals surface area contributed by atoms with Crippen molar-refractivity contribution in [1.82, 2.24) is 14.5 Å². The summed E-state index contributed by atoms with van der Waals surface area (Å²) in [4.78, 5) is 31.1. The first-order chi connectivity index (χ1) is 12.6. The van der Waals surface area contributed by atoms with E-state index in [4.69, 9.17) is 0 Å². The Kier molecular flexibility index (Phi) is 4.65. The summed E-state index contributed by atoms with van der Waals surface area (Å²) >= 11 is 1.66. The maximum absolute atomic E-state index is 13.1. The Hall–Kier alpha value is -2.02. The van der Waals surface area contributed by atoms with Crippen LogP contribution in [0.3, 0.4) is 0 Å². The zero-order valence-corrected chi connectivity index (χ0v) is 15.6. The fourth-order valence-corrected chi connectivity index (χ4v) is 5.12. The number of amides is 1. The van der Waals surface area contributed by atoms with Gasteiger partial charge in [-0.15, -0.1) is 0 Å². The molecule has 3 unspecified atom stereocenters. The molecule has 0 spiro atoms. The number of carboxylic acid groups (broad SMARTS) is 1. The number of thioether (sulfide) groups is 1. The highest BCUT2D eigenvalue weighted by atomic mass is 32.2. The van der Waals surface area contributed by atoms with Crippen molar-refractivity contribution in [3.8, 4) is 0 Å². The number of hydrogen-bond donors (Lipinski definition) is 1. The summed E-state index contributed by atoms with van der Waals surface area (Å²) in [7, 11) is 0. The van der Waals surface area contributed by atoms with Crippen LogP contribution in [0.4, 0.5) is 0 Å². The SMILES string of the molecule is CSCc1nc2ccccc2n1CC(=O)N1CC2CCCC2C1C(=O)O.